The summed E-state index contributed by atoms with van der Waals surface area (Å²) in [5.41, 5.74) is 4.10. The Kier molecular flexibility index (Phi) is 7.39. The maximum Gasteiger partial charge on any atom is 0.410 e. The van der Waals surface area contributed by atoms with E-state index in [1.807, 2.05) is 64.3 Å². The molecule has 4 rings (SSSR count). The van der Waals surface area contributed by atoms with Gasteiger partial charge in [0.05, 0.1) is 17.3 Å². The molecule has 1 aliphatic heterocycles. The highest BCUT2D eigenvalue weighted by Crippen LogP contribution is 2.35. The lowest BCUT2D eigenvalue weighted by Crippen LogP contribution is -2.39. The third kappa shape index (κ3) is 5.53. The van der Waals surface area contributed by atoms with Crippen LogP contribution < -0.4 is 0 Å². The SMILES string of the molecule is CCN(C(=O)c1cc(F)ccc1-c1cc(C2=CCN(C(=O)OC(C)(C)C)CC2)n2ccncc12)C(C)C. The summed E-state index contributed by atoms with van der Waals surface area (Å²) in [6.07, 6.45) is 7.71. The van der Waals surface area contributed by atoms with Crippen LogP contribution in [0.4, 0.5) is 9.18 Å². The van der Waals surface area contributed by atoms with E-state index in [0.717, 1.165) is 22.3 Å². The standard InChI is InChI=1S/C29H35FN4O3/c1-7-33(19(2)3)27(35)24-16-21(30)8-9-22(24)23-17-25(34-15-12-31-18-26(23)34)20-10-13-32(14-11-20)28(36)37-29(4,5)6/h8-10,12,15-19H,7,11,13-14H2,1-6H3. The Hall–Kier alpha value is -3.68. The van der Waals surface area contributed by atoms with Crippen LogP contribution in [0.2, 0.25) is 0 Å². The number of ether oxygens (including phenoxy) is 1. The summed E-state index contributed by atoms with van der Waals surface area (Å²) in [4.78, 5) is 33.7. The van der Waals surface area contributed by atoms with Crippen molar-refractivity contribution in [1.29, 1.82) is 0 Å². The number of hydrogen-bond acceptors (Lipinski definition) is 4. The lowest BCUT2D eigenvalue weighted by Gasteiger charge is -2.29. The van der Waals surface area contributed by atoms with Gasteiger partial charge in [0.2, 0.25) is 0 Å². The molecule has 0 aliphatic carbocycles. The van der Waals surface area contributed by atoms with E-state index in [9.17, 15) is 14.0 Å². The summed E-state index contributed by atoms with van der Waals surface area (Å²) < 4.78 is 21.9. The summed E-state index contributed by atoms with van der Waals surface area (Å²) in [5.74, 6) is -0.660. The Bertz CT molecular complexity index is 1350. The van der Waals surface area contributed by atoms with Gasteiger partial charge in [-0.15, -0.1) is 0 Å². The van der Waals surface area contributed by atoms with Crippen LogP contribution in [0, 0.1) is 5.82 Å². The largest absolute Gasteiger partial charge is 0.444 e. The molecule has 0 fully saturated rings. The molecular formula is C29H35FN4O3. The molecule has 0 spiro atoms. The molecule has 8 heteroatoms. The third-order valence-corrected chi connectivity index (χ3v) is 6.49. The maximum atomic E-state index is 14.4. The summed E-state index contributed by atoms with van der Waals surface area (Å²) in [5, 5.41) is 0. The van der Waals surface area contributed by atoms with Crippen molar-refractivity contribution in [2.75, 3.05) is 19.6 Å². The number of hydrogen-bond donors (Lipinski definition) is 0. The molecule has 2 amide bonds. The van der Waals surface area contributed by atoms with Crippen molar-refractivity contribution in [3.05, 3.63) is 66.0 Å². The van der Waals surface area contributed by atoms with Gasteiger partial charge in [0, 0.05) is 49.3 Å². The van der Waals surface area contributed by atoms with Crippen LogP contribution in [0.3, 0.4) is 0 Å². The minimum atomic E-state index is -0.548. The molecular weight excluding hydrogens is 471 g/mol. The van der Waals surface area contributed by atoms with Crippen LogP contribution in [0.1, 0.15) is 64.0 Å². The zero-order valence-corrected chi connectivity index (χ0v) is 22.4. The minimum Gasteiger partial charge on any atom is -0.444 e. The van der Waals surface area contributed by atoms with E-state index in [0.29, 0.717) is 37.2 Å². The highest BCUT2D eigenvalue weighted by atomic mass is 19.1. The van der Waals surface area contributed by atoms with Gasteiger partial charge in [-0.2, -0.15) is 0 Å². The summed E-state index contributed by atoms with van der Waals surface area (Å²) in [6, 6.07) is 6.39. The fraction of sp³-hybridized carbons (Fsp3) is 0.414. The number of amides is 2. The number of carbonyl (C=O) groups is 2. The van der Waals surface area contributed by atoms with Gasteiger partial charge in [-0.25, -0.2) is 9.18 Å². The molecule has 0 radical (unpaired) electrons. The zero-order chi connectivity index (χ0) is 26.9. The van der Waals surface area contributed by atoms with E-state index in [1.54, 1.807) is 28.3 Å². The second-order valence-corrected chi connectivity index (χ2v) is 10.6. The number of benzene rings is 1. The topological polar surface area (TPSA) is 67.2 Å². The quantitative estimate of drug-likeness (QED) is 0.423. The summed E-state index contributed by atoms with van der Waals surface area (Å²) in [7, 11) is 0. The maximum absolute atomic E-state index is 14.4. The monoisotopic (exact) mass is 506 g/mol. The zero-order valence-electron chi connectivity index (χ0n) is 22.4. The van der Waals surface area contributed by atoms with Crippen molar-refractivity contribution in [3.63, 3.8) is 0 Å². The van der Waals surface area contributed by atoms with Gasteiger partial charge in [-0.1, -0.05) is 12.1 Å². The fourth-order valence-corrected chi connectivity index (χ4v) is 4.73. The number of halogens is 1. The molecule has 1 aromatic carbocycles. The fourth-order valence-electron chi connectivity index (χ4n) is 4.73. The van der Waals surface area contributed by atoms with Crippen molar-refractivity contribution in [3.8, 4) is 11.1 Å². The van der Waals surface area contributed by atoms with Crippen molar-refractivity contribution >= 4 is 23.1 Å². The number of carbonyl (C=O) groups excluding carboxylic acids is 2. The molecule has 3 heterocycles. The molecule has 0 N–H and O–H groups in total. The molecule has 3 aromatic rings. The first-order chi connectivity index (χ1) is 17.5. The normalized spacial score (nSPS) is 14.2. The van der Waals surface area contributed by atoms with Crippen molar-refractivity contribution in [2.45, 2.75) is 59.6 Å². The first-order valence-electron chi connectivity index (χ1n) is 12.7. The van der Waals surface area contributed by atoms with E-state index in [2.05, 4.69) is 4.98 Å². The lowest BCUT2D eigenvalue weighted by molar-refractivity contribution is 0.0270. The van der Waals surface area contributed by atoms with Gasteiger partial charge < -0.3 is 18.9 Å². The van der Waals surface area contributed by atoms with Gasteiger partial charge in [-0.3, -0.25) is 9.78 Å². The van der Waals surface area contributed by atoms with Crippen LogP contribution in [0.15, 0.2) is 48.9 Å². The summed E-state index contributed by atoms with van der Waals surface area (Å²) in [6.45, 7) is 12.9. The minimum absolute atomic E-state index is 0.0167. The van der Waals surface area contributed by atoms with E-state index in [4.69, 9.17) is 4.74 Å². The highest BCUT2D eigenvalue weighted by Gasteiger charge is 2.27. The van der Waals surface area contributed by atoms with Gasteiger partial charge in [0.25, 0.3) is 5.91 Å². The molecule has 1 aliphatic rings. The molecule has 0 bridgehead atoms. The Morgan fingerprint density at radius 1 is 1.19 bits per heavy atom. The Morgan fingerprint density at radius 3 is 2.57 bits per heavy atom. The Balaban J connectivity index is 1.75. The van der Waals surface area contributed by atoms with E-state index < -0.39 is 11.4 Å². The molecule has 0 unspecified atom stereocenters. The molecule has 2 aromatic heterocycles. The van der Waals surface area contributed by atoms with Crippen LogP contribution in [0.25, 0.3) is 22.2 Å². The smallest absolute Gasteiger partial charge is 0.410 e. The van der Waals surface area contributed by atoms with Gasteiger partial charge in [0.15, 0.2) is 0 Å². The Morgan fingerprint density at radius 2 is 1.95 bits per heavy atom. The van der Waals surface area contributed by atoms with E-state index >= 15 is 0 Å². The van der Waals surface area contributed by atoms with Crippen LogP contribution in [-0.2, 0) is 4.74 Å². The predicted molar refractivity (Wildman–Crippen MR) is 143 cm³/mol. The lowest BCUT2D eigenvalue weighted by atomic mass is 9.97. The van der Waals surface area contributed by atoms with Crippen molar-refractivity contribution < 1.29 is 18.7 Å². The first-order valence-corrected chi connectivity index (χ1v) is 12.7. The predicted octanol–water partition coefficient (Wildman–Crippen LogP) is 6.04. The molecule has 0 atom stereocenters. The number of aromatic nitrogens is 2. The summed E-state index contributed by atoms with van der Waals surface area (Å²) >= 11 is 0. The number of nitrogens with zero attached hydrogens (tertiary/aromatic N) is 4. The van der Waals surface area contributed by atoms with Crippen LogP contribution >= 0.6 is 0 Å². The number of fused-ring (bicyclic) bond motifs is 1. The number of rotatable bonds is 5. The third-order valence-electron chi connectivity index (χ3n) is 6.49. The van der Waals surface area contributed by atoms with E-state index in [-0.39, 0.29) is 18.0 Å². The van der Waals surface area contributed by atoms with Gasteiger partial charge in [0.1, 0.15) is 11.4 Å². The molecule has 7 nitrogen and oxygen atoms in total. The van der Waals surface area contributed by atoms with Crippen molar-refractivity contribution in [2.24, 2.45) is 0 Å². The Labute approximate surface area is 217 Å². The highest BCUT2D eigenvalue weighted by molar-refractivity contribution is 6.03. The van der Waals surface area contributed by atoms with Crippen molar-refractivity contribution in [1.82, 2.24) is 19.2 Å². The second-order valence-electron chi connectivity index (χ2n) is 10.6. The first kappa shape index (κ1) is 26.4. The molecule has 0 saturated carbocycles. The van der Waals surface area contributed by atoms with Crippen LogP contribution in [0.5, 0.6) is 0 Å². The van der Waals surface area contributed by atoms with Gasteiger partial charge >= 0.3 is 6.09 Å². The second kappa shape index (κ2) is 10.4. The molecule has 37 heavy (non-hydrogen) atoms. The molecule has 0 saturated heterocycles. The average molecular weight is 507 g/mol. The van der Waals surface area contributed by atoms with Gasteiger partial charge in [-0.05, 0) is 77.3 Å². The molecule has 196 valence electrons. The average Bonchev–Trinajstić information content (AvgIpc) is 3.23. The van der Waals surface area contributed by atoms with Crippen LogP contribution in [-0.4, -0.2) is 62.5 Å². The van der Waals surface area contributed by atoms with E-state index in [1.165, 1.54) is 12.1 Å².